The number of hydrogen-bond acceptors (Lipinski definition) is 2. The van der Waals surface area contributed by atoms with E-state index in [9.17, 15) is 9.18 Å². The molecule has 0 bridgehead atoms. The lowest BCUT2D eigenvalue weighted by Gasteiger charge is -2.05. The minimum atomic E-state index is -0.567. The van der Waals surface area contributed by atoms with E-state index >= 15 is 0 Å². The predicted octanol–water partition coefficient (Wildman–Crippen LogP) is 2.14. The third-order valence-electron chi connectivity index (χ3n) is 2.79. The van der Waals surface area contributed by atoms with Crippen LogP contribution in [0.3, 0.4) is 0 Å². The summed E-state index contributed by atoms with van der Waals surface area (Å²) in [5.41, 5.74) is 0.0708. The van der Waals surface area contributed by atoms with Crippen molar-refractivity contribution in [3.05, 3.63) is 29.8 Å². The van der Waals surface area contributed by atoms with Gasteiger partial charge in [-0.2, -0.15) is 0 Å². The molecule has 1 amide bonds. The molecule has 1 saturated carbocycles. The average molecular weight is 222 g/mol. The summed E-state index contributed by atoms with van der Waals surface area (Å²) in [6, 6.07) is 1.39. The number of carbonyl (C=O) groups is 1. The zero-order chi connectivity index (χ0) is 11.4. The molecule has 3 nitrogen and oxygen atoms in total. The maximum Gasteiger partial charge on any atom is 0.254 e. The average Bonchev–Trinajstić information content (AvgIpc) is 3.08. The van der Waals surface area contributed by atoms with Crippen LogP contribution >= 0.6 is 0 Å². The fraction of sp³-hybridized carbons (Fsp3) is 0.500. The molecule has 1 fully saturated rings. The molecule has 1 heterocycles. The SMILES string of the molecule is O=C(NCCCC1CC1)c1ccncc1F. The van der Waals surface area contributed by atoms with Crippen molar-refractivity contribution in [3.63, 3.8) is 0 Å². The first-order valence-electron chi connectivity index (χ1n) is 5.65. The van der Waals surface area contributed by atoms with Gasteiger partial charge in [-0.05, 0) is 24.8 Å². The maximum atomic E-state index is 13.2. The minimum absolute atomic E-state index is 0.0708. The number of pyridine rings is 1. The van der Waals surface area contributed by atoms with Crippen LogP contribution in [-0.2, 0) is 0 Å². The van der Waals surface area contributed by atoms with E-state index in [1.165, 1.54) is 31.5 Å². The molecule has 0 saturated heterocycles. The first-order valence-corrected chi connectivity index (χ1v) is 5.65. The fourth-order valence-electron chi connectivity index (χ4n) is 1.65. The number of rotatable bonds is 5. The molecule has 0 atom stereocenters. The number of nitrogens with zero attached hydrogens (tertiary/aromatic N) is 1. The Morgan fingerprint density at radius 2 is 2.38 bits per heavy atom. The van der Waals surface area contributed by atoms with E-state index in [1.54, 1.807) is 0 Å². The Labute approximate surface area is 94.1 Å². The second-order valence-electron chi connectivity index (χ2n) is 4.20. The number of carbonyl (C=O) groups excluding carboxylic acids is 1. The van der Waals surface area contributed by atoms with Gasteiger partial charge in [-0.3, -0.25) is 9.78 Å². The molecule has 1 aliphatic rings. The summed E-state index contributed by atoms with van der Waals surface area (Å²) in [6.45, 7) is 0.622. The van der Waals surface area contributed by atoms with Crippen molar-refractivity contribution in [3.8, 4) is 0 Å². The highest BCUT2D eigenvalue weighted by Crippen LogP contribution is 2.33. The molecular weight excluding hydrogens is 207 g/mol. The van der Waals surface area contributed by atoms with Crippen LogP contribution < -0.4 is 5.32 Å². The van der Waals surface area contributed by atoms with Crippen LogP contribution in [0, 0.1) is 11.7 Å². The number of halogens is 1. The minimum Gasteiger partial charge on any atom is -0.352 e. The van der Waals surface area contributed by atoms with Gasteiger partial charge >= 0.3 is 0 Å². The quantitative estimate of drug-likeness (QED) is 0.775. The van der Waals surface area contributed by atoms with Crippen LogP contribution in [0.25, 0.3) is 0 Å². The van der Waals surface area contributed by atoms with Gasteiger partial charge in [0.05, 0.1) is 11.8 Å². The lowest BCUT2D eigenvalue weighted by atomic mass is 10.2. The topological polar surface area (TPSA) is 42.0 Å². The van der Waals surface area contributed by atoms with Gasteiger partial charge in [0.25, 0.3) is 5.91 Å². The summed E-state index contributed by atoms with van der Waals surface area (Å²) >= 11 is 0. The molecule has 1 aromatic heterocycles. The monoisotopic (exact) mass is 222 g/mol. The lowest BCUT2D eigenvalue weighted by Crippen LogP contribution is -2.25. The van der Waals surface area contributed by atoms with Crippen LogP contribution in [0.4, 0.5) is 4.39 Å². The Morgan fingerprint density at radius 3 is 3.06 bits per heavy atom. The molecular formula is C12H15FN2O. The highest BCUT2D eigenvalue weighted by atomic mass is 19.1. The second-order valence-corrected chi connectivity index (χ2v) is 4.20. The molecule has 0 aliphatic heterocycles. The van der Waals surface area contributed by atoms with Crippen LogP contribution in [-0.4, -0.2) is 17.4 Å². The molecule has 2 rings (SSSR count). The second kappa shape index (κ2) is 5.05. The van der Waals surface area contributed by atoms with Crippen molar-refractivity contribution in [2.24, 2.45) is 5.92 Å². The third-order valence-corrected chi connectivity index (χ3v) is 2.79. The van der Waals surface area contributed by atoms with E-state index in [4.69, 9.17) is 0 Å². The van der Waals surface area contributed by atoms with E-state index < -0.39 is 5.82 Å². The molecule has 16 heavy (non-hydrogen) atoms. The number of aromatic nitrogens is 1. The molecule has 1 N–H and O–H groups in total. The summed E-state index contributed by atoms with van der Waals surface area (Å²) in [5, 5.41) is 2.72. The van der Waals surface area contributed by atoms with Gasteiger partial charge < -0.3 is 5.32 Å². The Bertz CT molecular complexity index is 377. The highest BCUT2D eigenvalue weighted by Gasteiger charge is 2.20. The summed E-state index contributed by atoms with van der Waals surface area (Å²) in [5.74, 6) is -0.0487. The smallest absolute Gasteiger partial charge is 0.254 e. The summed E-state index contributed by atoms with van der Waals surface area (Å²) in [6.07, 6.45) is 7.27. The zero-order valence-corrected chi connectivity index (χ0v) is 9.08. The third kappa shape index (κ3) is 3.02. The van der Waals surface area contributed by atoms with Gasteiger partial charge in [0.15, 0.2) is 5.82 Å². The van der Waals surface area contributed by atoms with Gasteiger partial charge in [-0.25, -0.2) is 4.39 Å². The van der Waals surface area contributed by atoms with Crippen LogP contribution in [0.1, 0.15) is 36.0 Å². The molecule has 0 radical (unpaired) electrons. The molecule has 0 aromatic carbocycles. The molecule has 86 valence electrons. The van der Waals surface area contributed by atoms with Gasteiger partial charge in [0, 0.05) is 12.7 Å². The largest absolute Gasteiger partial charge is 0.352 e. The van der Waals surface area contributed by atoms with Crippen molar-refractivity contribution in [2.75, 3.05) is 6.54 Å². The van der Waals surface area contributed by atoms with Crippen molar-refractivity contribution in [2.45, 2.75) is 25.7 Å². The molecule has 1 aromatic rings. The van der Waals surface area contributed by atoms with Gasteiger partial charge in [0.1, 0.15) is 0 Å². The van der Waals surface area contributed by atoms with Crippen LogP contribution in [0.5, 0.6) is 0 Å². The number of amides is 1. The number of hydrogen-bond donors (Lipinski definition) is 1. The van der Waals surface area contributed by atoms with Gasteiger partial charge in [-0.1, -0.05) is 12.8 Å². The van der Waals surface area contributed by atoms with E-state index in [0.717, 1.165) is 18.5 Å². The van der Waals surface area contributed by atoms with Crippen molar-refractivity contribution in [1.29, 1.82) is 0 Å². The first-order chi connectivity index (χ1) is 7.77. The van der Waals surface area contributed by atoms with Gasteiger partial charge in [0.2, 0.25) is 0 Å². The maximum absolute atomic E-state index is 13.2. The Morgan fingerprint density at radius 1 is 1.56 bits per heavy atom. The van der Waals surface area contributed by atoms with E-state index in [2.05, 4.69) is 10.3 Å². The standard InChI is InChI=1S/C12H15FN2O/c13-11-8-14-7-5-10(11)12(16)15-6-1-2-9-3-4-9/h5,7-9H,1-4,6H2,(H,15,16). The lowest BCUT2D eigenvalue weighted by molar-refractivity contribution is 0.0948. The van der Waals surface area contributed by atoms with Crippen LogP contribution in [0.2, 0.25) is 0 Å². The van der Waals surface area contributed by atoms with E-state index in [-0.39, 0.29) is 11.5 Å². The summed E-state index contributed by atoms with van der Waals surface area (Å²) in [4.78, 5) is 15.1. The Balaban J connectivity index is 1.76. The predicted molar refractivity (Wildman–Crippen MR) is 58.5 cm³/mol. The highest BCUT2D eigenvalue weighted by molar-refractivity contribution is 5.94. The van der Waals surface area contributed by atoms with Crippen molar-refractivity contribution in [1.82, 2.24) is 10.3 Å². The zero-order valence-electron chi connectivity index (χ0n) is 9.08. The first kappa shape index (κ1) is 11.0. The summed E-state index contributed by atoms with van der Waals surface area (Å²) < 4.78 is 13.2. The normalized spacial score (nSPS) is 14.8. The Kier molecular flexibility index (Phi) is 3.49. The molecule has 4 heteroatoms. The fourth-order valence-corrected chi connectivity index (χ4v) is 1.65. The number of nitrogens with one attached hydrogen (secondary N) is 1. The van der Waals surface area contributed by atoms with Crippen molar-refractivity contribution >= 4 is 5.91 Å². The van der Waals surface area contributed by atoms with Gasteiger partial charge in [-0.15, -0.1) is 0 Å². The molecule has 1 aliphatic carbocycles. The summed E-state index contributed by atoms with van der Waals surface area (Å²) in [7, 11) is 0. The van der Waals surface area contributed by atoms with E-state index in [1.807, 2.05) is 0 Å². The van der Waals surface area contributed by atoms with Crippen molar-refractivity contribution < 1.29 is 9.18 Å². The molecule has 0 spiro atoms. The van der Waals surface area contributed by atoms with Crippen LogP contribution in [0.15, 0.2) is 18.5 Å². The van der Waals surface area contributed by atoms with E-state index in [0.29, 0.717) is 6.54 Å². The molecule has 0 unspecified atom stereocenters. The Hall–Kier alpha value is -1.45.